The van der Waals surface area contributed by atoms with E-state index in [1.54, 1.807) is 11.3 Å². The molecule has 5 rings (SSSR count). The Bertz CT molecular complexity index is 1120. The lowest BCUT2D eigenvalue weighted by molar-refractivity contribution is 0.124. The lowest BCUT2D eigenvalue weighted by Gasteiger charge is -2.26. The summed E-state index contributed by atoms with van der Waals surface area (Å²) in [5.74, 6) is 0.832. The molecule has 2 atom stereocenters. The van der Waals surface area contributed by atoms with E-state index in [-0.39, 0.29) is 12.1 Å². The van der Waals surface area contributed by atoms with Crippen molar-refractivity contribution in [3.8, 4) is 10.6 Å². The van der Waals surface area contributed by atoms with Crippen molar-refractivity contribution in [2.75, 3.05) is 5.32 Å². The fourth-order valence-corrected chi connectivity index (χ4v) is 5.19. The molecular formula is C22H24N4OS. The van der Waals surface area contributed by atoms with Crippen LogP contribution < -0.4 is 5.32 Å². The summed E-state index contributed by atoms with van der Waals surface area (Å²) in [5.41, 5.74) is 4.49. The van der Waals surface area contributed by atoms with Crippen molar-refractivity contribution in [1.29, 1.82) is 0 Å². The zero-order chi connectivity index (χ0) is 19.3. The van der Waals surface area contributed by atoms with Crippen LogP contribution >= 0.6 is 11.3 Å². The monoisotopic (exact) mass is 392 g/mol. The third-order valence-corrected chi connectivity index (χ3v) is 6.87. The lowest BCUT2D eigenvalue weighted by Crippen LogP contribution is -2.30. The summed E-state index contributed by atoms with van der Waals surface area (Å²) in [6.07, 6.45) is 5.51. The van der Waals surface area contributed by atoms with E-state index < -0.39 is 0 Å². The molecule has 3 heterocycles. The number of benzene rings is 1. The Morgan fingerprint density at radius 1 is 1.14 bits per heavy atom. The van der Waals surface area contributed by atoms with Crippen LogP contribution in [-0.2, 0) is 0 Å². The second-order valence-electron chi connectivity index (χ2n) is 7.88. The Labute approximate surface area is 168 Å². The van der Waals surface area contributed by atoms with Crippen LogP contribution in [0.25, 0.3) is 26.3 Å². The summed E-state index contributed by atoms with van der Waals surface area (Å²) in [5, 5.41) is 19.5. The number of fused-ring (bicyclic) bond motifs is 2. The van der Waals surface area contributed by atoms with Crippen molar-refractivity contribution < 1.29 is 5.11 Å². The first-order valence-corrected chi connectivity index (χ1v) is 10.7. The quantitative estimate of drug-likeness (QED) is 0.518. The summed E-state index contributed by atoms with van der Waals surface area (Å²) in [6, 6.07) is 11.0. The van der Waals surface area contributed by atoms with E-state index >= 15 is 0 Å². The maximum absolute atomic E-state index is 9.92. The van der Waals surface area contributed by atoms with Gasteiger partial charge in [-0.05, 0) is 80.3 Å². The summed E-state index contributed by atoms with van der Waals surface area (Å²) < 4.78 is 3.21. The van der Waals surface area contributed by atoms with Crippen molar-refractivity contribution in [1.82, 2.24) is 14.6 Å². The van der Waals surface area contributed by atoms with Crippen LogP contribution in [0.4, 0.5) is 5.82 Å². The van der Waals surface area contributed by atoms with E-state index in [9.17, 15) is 5.11 Å². The Morgan fingerprint density at radius 2 is 2.00 bits per heavy atom. The molecule has 1 aromatic carbocycles. The number of hydrogen-bond acceptors (Lipinski definition) is 5. The molecule has 0 radical (unpaired) electrons. The van der Waals surface area contributed by atoms with Gasteiger partial charge in [0.1, 0.15) is 11.5 Å². The van der Waals surface area contributed by atoms with Crippen LogP contribution in [-0.4, -0.2) is 31.9 Å². The van der Waals surface area contributed by atoms with Gasteiger partial charge in [-0.25, -0.2) is 9.50 Å². The molecule has 144 valence electrons. The van der Waals surface area contributed by atoms with Gasteiger partial charge in [-0.2, -0.15) is 0 Å². The van der Waals surface area contributed by atoms with E-state index in [0.29, 0.717) is 0 Å². The normalized spacial score (nSPS) is 20.1. The van der Waals surface area contributed by atoms with Crippen LogP contribution in [0.2, 0.25) is 0 Å². The van der Waals surface area contributed by atoms with Gasteiger partial charge >= 0.3 is 0 Å². The van der Waals surface area contributed by atoms with Crippen molar-refractivity contribution in [2.24, 2.45) is 0 Å². The van der Waals surface area contributed by atoms with Gasteiger partial charge in [-0.3, -0.25) is 0 Å². The number of imidazole rings is 1. The van der Waals surface area contributed by atoms with Gasteiger partial charge in [0.25, 0.3) is 0 Å². The maximum Gasteiger partial charge on any atom is 0.154 e. The van der Waals surface area contributed by atoms with Crippen LogP contribution in [0, 0.1) is 13.8 Å². The van der Waals surface area contributed by atoms with Crippen LogP contribution in [0.3, 0.4) is 0 Å². The van der Waals surface area contributed by atoms with Gasteiger partial charge in [0.15, 0.2) is 5.65 Å². The fourth-order valence-electron chi connectivity index (χ4n) is 4.05. The van der Waals surface area contributed by atoms with Gasteiger partial charge in [-0.1, -0.05) is 6.07 Å². The minimum absolute atomic E-state index is 0.204. The SMILES string of the molecule is Cc1cc2cc(-c3cnc4ccc(NC5CCCC(O)C5)nn34)sc2cc1C. The number of nitrogens with one attached hydrogen (secondary N) is 1. The highest BCUT2D eigenvalue weighted by atomic mass is 32.1. The molecule has 2 N–H and O–H groups in total. The van der Waals surface area contributed by atoms with Crippen molar-refractivity contribution in [3.63, 3.8) is 0 Å². The summed E-state index contributed by atoms with van der Waals surface area (Å²) in [4.78, 5) is 5.71. The standard InChI is InChI=1S/C22H24N4OS/c1-13-8-15-10-20(28-19(15)9-14(13)2)18-12-23-22-7-6-21(25-26(18)22)24-16-4-3-5-17(27)11-16/h6-10,12,16-17,27H,3-5,11H2,1-2H3,(H,24,25). The van der Waals surface area contributed by atoms with E-state index in [1.807, 2.05) is 22.8 Å². The number of aliphatic hydroxyl groups is 1. The van der Waals surface area contributed by atoms with Crippen molar-refractivity contribution >= 4 is 32.9 Å². The number of rotatable bonds is 3. The van der Waals surface area contributed by atoms with Crippen LogP contribution in [0.15, 0.2) is 36.5 Å². The minimum atomic E-state index is -0.204. The first kappa shape index (κ1) is 17.6. The molecule has 2 unspecified atom stereocenters. The number of aromatic nitrogens is 3. The molecule has 0 spiro atoms. The Hall–Kier alpha value is -2.44. The first-order valence-electron chi connectivity index (χ1n) is 9.87. The van der Waals surface area contributed by atoms with Gasteiger partial charge in [0, 0.05) is 10.7 Å². The third kappa shape index (κ3) is 3.16. The molecule has 0 saturated heterocycles. The number of hydrogen-bond donors (Lipinski definition) is 2. The number of aliphatic hydroxyl groups excluding tert-OH is 1. The molecule has 3 aromatic heterocycles. The average molecular weight is 393 g/mol. The van der Waals surface area contributed by atoms with Gasteiger partial charge in [-0.15, -0.1) is 16.4 Å². The predicted molar refractivity (Wildman–Crippen MR) is 115 cm³/mol. The van der Waals surface area contributed by atoms with E-state index in [4.69, 9.17) is 5.10 Å². The van der Waals surface area contributed by atoms with Crippen molar-refractivity contribution in [3.05, 3.63) is 47.7 Å². The molecule has 1 aliphatic rings. The molecule has 1 saturated carbocycles. The molecule has 1 aliphatic carbocycles. The van der Waals surface area contributed by atoms with E-state index in [2.05, 4.69) is 42.3 Å². The van der Waals surface area contributed by atoms with Crippen LogP contribution in [0.1, 0.15) is 36.8 Å². The Balaban J connectivity index is 1.51. The van der Waals surface area contributed by atoms with E-state index in [0.717, 1.165) is 42.8 Å². The summed E-state index contributed by atoms with van der Waals surface area (Å²) in [7, 11) is 0. The lowest BCUT2D eigenvalue weighted by atomic mass is 9.93. The minimum Gasteiger partial charge on any atom is -0.393 e. The zero-order valence-electron chi connectivity index (χ0n) is 16.1. The fraction of sp³-hybridized carbons (Fsp3) is 0.364. The smallest absolute Gasteiger partial charge is 0.154 e. The first-order chi connectivity index (χ1) is 13.6. The number of nitrogens with zero attached hydrogens (tertiary/aromatic N) is 3. The summed E-state index contributed by atoms with van der Waals surface area (Å²) in [6.45, 7) is 4.31. The third-order valence-electron chi connectivity index (χ3n) is 5.75. The zero-order valence-corrected chi connectivity index (χ0v) is 17.0. The highest BCUT2D eigenvalue weighted by molar-refractivity contribution is 7.22. The van der Waals surface area contributed by atoms with E-state index in [1.165, 1.54) is 26.1 Å². The van der Waals surface area contributed by atoms with Crippen molar-refractivity contribution in [2.45, 2.75) is 51.7 Å². The van der Waals surface area contributed by atoms with Gasteiger partial charge in [0.05, 0.1) is 17.2 Å². The second-order valence-corrected chi connectivity index (χ2v) is 8.96. The highest BCUT2D eigenvalue weighted by Crippen LogP contribution is 2.35. The molecule has 1 fully saturated rings. The maximum atomic E-state index is 9.92. The topological polar surface area (TPSA) is 62.5 Å². The Kier molecular flexibility index (Phi) is 4.33. The van der Waals surface area contributed by atoms with Gasteiger partial charge in [0.2, 0.25) is 0 Å². The highest BCUT2D eigenvalue weighted by Gasteiger charge is 2.20. The summed E-state index contributed by atoms with van der Waals surface area (Å²) >= 11 is 1.78. The molecule has 28 heavy (non-hydrogen) atoms. The molecule has 0 aliphatic heterocycles. The number of anilines is 1. The number of thiophene rings is 1. The average Bonchev–Trinajstić information content (AvgIpc) is 3.25. The molecule has 5 nitrogen and oxygen atoms in total. The predicted octanol–water partition coefficient (Wildman–Crippen LogP) is 4.94. The van der Waals surface area contributed by atoms with Gasteiger partial charge < -0.3 is 10.4 Å². The molecule has 6 heteroatoms. The molecule has 0 bridgehead atoms. The molecule has 4 aromatic rings. The Morgan fingerprint density at radius 3 is 2.86 bits per heavy atom. The number of aryl methyl sites for hydroxylation is 2. The second kappa shape index (κ2) is 6.87. The molecular weight excluding hydrogens is 368 g/mol. The van der Waals surface area contributed by atoms with Crippen LogP contribution in [0.5, 0.6) is 0 Å². The largest absolute Gasteiger partial charge is 0.393 e. The molecule has 0 amide bonds.